The van der Waals surface area contributed by atoms with E-state index in [4.69, 9.17) is 5.73 Å². The first-order valence-corrected chi connectivity index (χ1v) is 4.21. The lowest BCUT2D eigenvalue weighted by atomic mass is 9.51. The highest BCUT2D eigenvalue weighted by molar-refractivity contribution is 5.07. The molecular formula is C9H19N. The van der Waals surface area contributed by atoms with E-state index in [0.29, 0.717) is 11.3 Å². The van der Waals surface area contributed by atoms with Crippen molar-refractivity contribution in [1.82, 2.24) is 0 Å². The highest BCUT2D eigenvalue weighted by atomic mass is 14.8. The van der Waals surface area contributed by atoms with E-state index in [9.17, 15) is 0 Å². The summed E-state index contributed by atoms with van der Waals surface area (Å²) >= 11 is 0. The third-order valence-corrected chi connectivity index (χ3v) is 3.63. The molecule has 0 bridgehead atoms. The molecule has 0 aromatic rings. The van der Waals surface area contributed by atoms with Gasteiger partial charge >= 0.3 is 0 Å². The van der Waals surface area contributed by atoms with Crippen LogP contribution < -0.4 is 5.73 Å². The third-order valence-electron chi connectivity index (χ3n) is 3.63. The summed E-state index contributed by atoms with van der Waals surface area (Å²) in [5.74, 6) is 0.685. The van der Waals surface area contributed by atoms with Crippen LogP contribution in [0.2, 0.25) is 0 Å². The van der Waals surface area contributed by atoms with Crippen molar-refractivity contribution in [2.45, 2.75) is 46.1 Å². The highest BCUT2D eigenvalue weighted by Gasteiger charge is 2.52. The van der Waals surface area contributed by atoms with Crippen LogP contribution in [0.25, 0.3) is 0 Å². The van der Waals surface area contributed by atoms with Crippen LogP contribution in [0.4, 0.5) is 0 Å². The minimum atomic E-state index is 0.116. The molecule has 0 heterocycles. The fraction of sp³-hybridized carbons (Fsp3) is 1.00. The molecule has 1 rings (SSSR count). The average Bonchev–Trinajstić information content (AvgIpc) is 1.86. The molecule has 2 N–H and O–H groups in total. The van der Waals surface area contributed by atoms with Gasteiger partial charge in [-0.1, -0.05) is 27.2 Å². The van der Waals surface area contributed by atoms with Gasteiger partial charge in [-0.25, -0.2) is 0 Å². The quantitative estimate of drug-likeness (QED) is 0.595. The largest absolute Gasteiger partial charge is 0.325 e. The molecule has 0 aromatic heterocycles. The molecule has 0 aliphatic heterocycles. The van der Waals surface area contributed by atoms with Gasteiger partial charge < -0.3 is 5.73 Å². The maximum atomic E-state index is 6.02. The Morgan fingerprint density at radius 3 is 2.10 bits per heavy atom. The van der Waals surface area contributed by atoms with Crippen LogP contribution in [0.3, 0.4) is 0 Å². The predicted octanol–water partition coefficient (Wildman–Crippen LogP) is 2.16. The molecule has 1 heteroatoms. The van der Waals surface area contributed by atoms with Gasteiger partial charge in [0.1, 0.15) is 0 Å². The summed E-state index contributed by atoms with van der Waals surface area (Å²) < 4.78 is 0. The fourth-order valence-corrected chi connectivity index (χ4v) is 2.27. The van der Waals surface area contributed by atoms with Gasteiger partial charge in [0.15, 0.2) is 0 Å². The van der Waals surface area contributed by atoms with Gasteiger partial charge in [0.2, 0.25) is 0 Å². The first-order chi connectivity index (χ1) is 4.42. The maximum Gasteiger partial charge on any atom is 0.0162 e. The second-order valence-corrected chi connectivity index (χ2v) is 4.41. The molecule has 2 unspecified atom stereocenters. The molecule has 1 saturated carbocycles. The van der Waals surface area contributed by atoms with Crippen molar-refractivity contribution in [3.8, 4) is 0 Å². The third kappa shape index (κ3) is 0.878. The lowest BCUT2D eigenvalue weighted by Crippen LogP contribution is -2.62. The molecule has 0 saturated heterocycles. The van der Waals surface area contributed by atoms with Crippen molar-refractivity contribution in [3.05, 3.63) is 0 Å². The monoisotopic (exact) mass is 141 g/mol. The minimum Gasteiger partial charge on any atom is -0.325 e. The van der Waals surface area contributed by atoms with Crippen LogP contribution in [-0.2, 0) is 0 Å². The Bertz CT molecular complexity index is 140. The van der Waals surface area contributed by atoms with Crippen LogP contribution in [-0.4, -0.2) is 5.54 Å². The molecule has 0 amide bonds. The molecule has 1 aliphatic rings. The zero-order valence-electron chi connectivity index (χ0n) is 7.57. The summed E-state index contributed by atoms with van der Waals surface area (Å²) in [5.41, 5.74) is 6.66. The van der Waals surface area contributed by atoms with Gasteiger partial charge in [0.25, 0.3) is 0 Å². The molecule has 1 nitrogen and oxygen atoms in total. The molecule has 0 radical (unpaired) electrons. The molecular weight excluding hydrogens is 122 g/mol. The second-order valence-electron chi connectivity index (χ2n) is 4.41. The summed E-state index contributed by atoms with van der Waals surface area (Å²) in [7, 11) is 0. The van der Waals surface area contributed by atoms with Crippen molar-refractivity contribution in [2.75, 3.05) is 0 Å². The van der Waals surface area contributed by atoms with Crippen molar-refractivity contribution in [1.29, 1.82) is 0 Å². The predicted molar refractivity (Wildman–Crippen MR) is 44.8 cm³/mol. The Morgan fingerprint density at radius 2 is 2.00 bits per heavy atom. The minimum absolute atomic E-state index is 0.116. The van der Waals surface area contributed by atoms with Crippen molar-refractivity contribution in [2.24, 2.45) is 17.1 Å². The number of hydrogen-bond donors (Lipinski definition) is 1. The lowest BCUT2D eigenvalue weighted by Gasteiger charge is -2.57. The van der Waals surface area contributed by atoms with E-state index in [0.717, 1.165) is 0 Å². The first-order valence-electron chi connectivity index (χ1n) is 4.21. The van der Waals surface area contributed by atoms with E-state index in [1.807, 2.05) is 0 Å². The number of rotatable bonds is 1. The molecule has 60 valence electrons. The van der Waals surface area contributed by atoms with Crippen LogP contribution in [0.5, 0.6) is 0 Å². The van der Waals surface area contributed by atoms with E-state index in [1.165, 1.54) is 12.8 Å². The van der Waals surface area contributed by atoms with Gasteiger partial charge in [-0.05, 0) is 24.7 Å². The van der Waals surface area contributed by atoms with E-state index < -0.39 is 0 Å². The van der Waals surface area contributed by atoms with Crippen LogP contribution in [0.1, 0.15) is 40.5 Å². The number of nitrogens with two attached hydrogens (primary N) is 1. The Balaban J connectivity index is 2.61. The van der Waals surface area contributed by atoms with Crippen LogP contribution in [0.15, 0.2) is 0 Å². The zero-order valence-corrected chi connectivity index (χ0v) is 7.57. The lowest BCUT2D eigenvalue weighted by molar-refractivity contribution is -0.0313. The fourth-order valence-electron chi connectivity index (χ4n) is 2.27. The summed E-state index contributed by atoms with van der Waals surface area (Å²) in [6.45, 7) is 9.03. The molecule has 0 aromatic carbocycles. The van der Waals surface area contributed by atoms with E-state index in [2.05, 4.69) is 27.7 Å². The van der Waals surface area contributed by atoms with Crippen molar-refractivity contribution in [3.63, 3.8) is 0 Å². The van der Waals surface area contributed by atoms with E-state index in [-0.39, 0.29) is 5.54 Å². The topological polar surface area (TPSA) is 26.0 Å². The van der Waals surface area contributed by atoms with Gasteiger partial charge in [0.05, 0.1) is 0 Å². The first kappa shape index (κ1) is 8.06. The van der Waals surface area contributed by atoms with Crippen molar-refractivity contribution < 1.29 is 0 Å². The molecule has 3 atom stereocenters. The Hall–Kier alpha value is -0.0400. The number of hydrogen-bond acceptors (Lipinski definition) is 1. The zero-order chi connectivity index (χ0) is 7.99. The molecule has 10 heavy (non-hydrogen) atoms. The Morgan fingerprint density at radius 1 is 1.50 bits per heavy atom. The van der Waals surface area contributed by atoms with Gasteiger partial charge in [0, 0.05) is 5.54 Å². The highest BCUT2D eigenvalue weighted by Crippen LogP contribution is 2.53. The van der Waals surface area contributed by atoms with Crippen LogP contribution >= 0.6 is 0 Å². The van der Waals surface area contributed by atoms with Crippen molar-refractivity contribution >= 4 is 0 Å². The Kier molecular flexibility index (Phi) is 1.59. The second kappa shape index (κ2) is 1.97. The maximum absolute atomic E-state index is 6.02. The Labute approximate surface area is 64.0 Å². The molecule has 1 aliphatic carbocycles. The van der Waals surface area contributed by atoms with Gasteiger partial charge in [-0.2, -0.15) is 0 Å². The van der Waals surface area contributed by atoms with Crippen LogP contribution in [0, 0.1) is 11.3 Å². The van der Waals surface area contributed by atoms with E-state index in [1.54, 1.807) is 0 Å². The van der Waals surface area contributed by atoms with Gasteiger partial charge in [-0.3, -0.25) is 0 Å². The summed E-state index contributed by atoms with van der Waals surface area (Å²) in [5, 5.41) is 0. The summed E-state index contributed by atoms with van der Waals surface area (Å²) in [6.07, 6.45) is 2.46. The normalized spacial score (nSPS) is 54.3. The van der Waals surface area contributed by atoms with E-state index >= 15 is 0 Å². The smallest absolute Gasteiger partial charge is 0.0162 e. The standard InChI is InChI=1S/C9H19N/c1-5-8(3)6-9(4,10)7(8)2/h7H,5-6,10H2,1-4H3/t7?,8-,9?/m1/s1. The average molecular weight is 141 g/mol. The van der Waals surface area contributed by atoms with Gasteiger partial charge in [-0.15, -0.1) is 0 Å². The molecule has 1 fully saturated rings. The summed E-state index contributed by atoms with van der Waals surface area (Å²) in [4.78, 5) is 0. The SMILES string of the molecule is CC[C@]1(C)CC(C)(N)C1C. The summed E-state index contributed by atoms with van der Waals surface area (Å²) in [6, 6.07) is 0. The molecule has 0 spiro atoms.